The number of nitriles is 1. The predicted molar refractivity (Wildman–Crippen MR) is 84.1 cm³/mol. The fraction of sp³-hybridized carbons (Fsp3) is 0.267. The molecule has 0 atom stereocenters. The van der Waals surface area contributed by atoms with Gasteiger partial charge in [-0.05, 0) is 24.3 Å². The van der Waals surface area contributed by atoms with Crippen molar-refractivity contribution >= 4 is 15.8 Å². The molecule has 0 unspecified atom stereocenters. The summed E-state index contributed by atoms with van der Waals surface area (Å²) < 4.78 is 53.0. The van der Waals surface area contributed by atoms with E-state index in [4.69, 9.17) is 5.26 Å². The van der Waals surface area contributed by atoms with E-state index in [1.165, 1.54) is 6.07 Å². The Labute approximate surface area is 143 Å². The number of anilines is 1. The maximum absolute atomic E-state index is 13.8. The summed E-state index contributed by atoms with van der Waals surface area (Å²) in [5.74, 6) is -1.41. The van der Waals surface area contributed by atoms with Crippen molar-refractivity contribution in [3.63, 3.8) is 0 Å². The van der Waals surface area contributed by atoms with Gasteiger partial charge < -0.3 is 4.90 Å². The Kier molecular flexibility index (Phi) is 4.61. The second-order valence-corrected chi connectivity index (χ2v) is 7.26. The van der Waals surface area contributed by atoms with Gasteiger partial charge in [-0.3, -0.25) is 0 Å². The third kappa shape index (κ3) is 3.42. The maximum atomic E-state index is 13.8. The van der Waals surface area contributed by atoms with Crippen molar-refractivity contribution in [3.05, 3.63) is 47.7 Å². The molecule has 2 aromatic rings. The van der Waals surface area contributed by atoms with Crippen LogP contribution in [0.5, 0.6) is 0 Å². The van der Waals surface area contributed by atoms with Gasteiger partial charge in [-0.2, -0.15) is 9.57 Å². The fourth-order valence-corrected chi connectivity index (χ4v) is 4.00. The first-order valence-corrected chi connectivity index (χ1v) is 8.80. The fourth-order valence-electron chi connectivity index (χ4n) is 2.53. The van der Waals surface area contributed by atoms with Crippen LogP contribution in [0.3, 0.4) is 0 Å². The lowest BCUT2D eigenvalue weighted by atomic mass is 10.3. The van der Waals surface area contributed by atoms with E-state index in [9.17, 15) is 17.2 Å². The molecule has 3 rings (SSSR count). The molecule has 0 bridgehead atoms. The first kappa shape index (κ1) is 17.2. The van der Waals surface area contributed by atoms with Gasteiger partial charge in [0.2, 0.25) is 10.0 Å². The van der Waals surface area contributed by atoms with Crippen molar-refractivity contribution in [2.24, 2.45) is 0 Å². The van der Waals surface area contributed by atoms with Crippen LogP contribution in [0.2, 0.25) is 0 Å². The number of rotatable bonds is 3. The van der Waals surface area contributed by atoms with Gasteiger partial charge in [-0.25, -0.2) is 17.2 Å². The molecule has 0 N–H and O–H groups in total. The lowest BCUT2D eigenvalue weighted by Gasteiger charge is -2.34. The predicted octanol–water partition coefficient (Wildman–Crippen LogP) is 1.14. The minimum absolute atomic E-state index is 0.126. The van der Waals surface area contributed by atoms with E-state index in [0.29, 0.717) is 25.0 Å². The van der Waals surface area contributed by atoms with Crippen LogP contribution in [0, 0.1) is 23.0 Å². The zero-order valence-electron chi connectivity index (χ0n) is 12.9. The van der Waals surface area contributed by atoms with Crippen LogP contribution in [0.4, 0.5) is 14.6 Å². The molecule has 7 nitrogen and oxygen atoms in total. The van der Waals surface area contributed by atoms with Crippen molar-refractivity contribution in [1.29, 1.82) is 5.26 Å². The summed E-state index contributed by atoms with van der Waals surface area (Å²) in [7, 11) is -4.04. The van der Waals surface area contributed by atoms with E-state index < -0.39 is 26.6 Å². The number of nitrogens with zero attached hydrogens (tertiary/aromatic N) is 5. The highest BCUT2D eigenvalue weighted by Crippen LogP contribution is 2.22. The molecule has 0 amide bonds. The van der Waals surface area contributed by atoms with Gasteiger partial charge in [-0.1, -0.05) is 0 Å². The quantitative estimate of drug-likeness (QED) is 0.810. The molecule has 0 saturated carbocycles. The summed E-state index contributed by atoms with van der Waals surface area (Å²) in [5.41, 5.74) is 0.191. The molecule has 2 heterocycles. The third-order valence-corrected chi connectivity index (χ3v) is 5.77. The zero-order valence-corrected chi connectivity index (χ0v) is 13.7. The molecule has 0 aliphatic carbocycles. The van der Waals surface area contributed by atoms with Gasteiger partial charge in [0.05, 0.1) is 0 Å². The number of piperazine rings is 1. The summed E-state index contributed by atoms with van der Waals surface area (Å²) in [6.07, 6.45) is 0. The van der Waals surface area contributed by atoms with E-state index >= 15 is 0 Å². The van der Waals surface area contributed by atoms with E-state index in [2.05, 4.69) is 10.2 Å². The Bertz CT molecular complexity index is 920. The molecule has 1 aliphatic heterocycles. The molecule has 1 saturated heterocycles. The Balaban J connectivity index is 1.73. The minimum Gasteiger partial charge on any atom is -0.352 e. The molecule has 1 aliphatic rings. The van der Waals surface area contributed by atoms with Gasteiger partial charge in [0.1, 0.15) is 22.6 Å². The topological polar surface area (TPSA) is 90.2 Å². The first-order chi connectivity index (χ1) is 11.9. The molecule has 130 valence electrons. The van der Waals surface area contributed by atoms with Crippen LogP contribution in [0.15, 0.2) is 35.2 Å². The lowest BCUT2D eigenvalue weighted by molar-refractivity contribution is 0.380. The monoisotopic (exact) mass is 365 g/mol. The molecule has 0 radical (unpaired) electrons. The van der Waals surface area contributed by atoms with Crippen LogP contribution < -0.4 is 4.90 Å². The van der Waals surface area contributed by atoms with Crippen molar-refractivity contribution in [2.45, 2.75) is 4.90 Å². The van der Waals surface area contributed by atoms with Crippen LogP contribution in [-0.2, 0) is 10.0 Å². The number of halogens is 2. The third-order valence-electron chi connectivity index (χ3n) is 3.84. The highest BCUT2D eigenvalue weighted by molar-refractivity contribution is 7.89. The number of hydrogen-bond acceptors (Lipinski definition) is 6. The summed E-state index contributed by atoms with van der Waals surface area (Å²) >= 11 is 0. The normalized spacial score (nSPS) is 15.8. The average molecular weight is 365 g/mol. The minimum atomic E-state index is -4.04. The first-order valence-electron chi connectivity index (χ1n) is 7.36. The zero-order chi connectivity index (χ0) is 18.0. The Morgan fingerprint density at radius 2 is 1.76 bits per heavy atom. The SMILES string of the molecule is N#Cc1ccc(N2CCN(S(=O)(=O)c3ccc(F)cc3F)CC2)nn1. The molecule has 0 spiro atoms. The van der Waals surface area contributed by atoms with Crippen LogP contribution >= 0.6 is 0 Å². The second-order valence-electron chi connectivity index (χ2n) is 5.35. The molecular formula is C15H13F2N5O2S. The summed E-state index contributed by atoms with van der Waals surface area (Å²) in [6.45, 7) is 0.924. The molecule has 10 heteroatoms. The van der Waals surface area contributed by atoms with E-state index in [1.807, 2.05) is 11.0 Å². The number of sulfonamides is 1. The van der Waals surface area contributed by atoms with Crippen molar-refractivity contribution < 1.29 is 17.2 Å². The van der Waals surface area contributed by atoms with Crippen LogP contribution in [0.1, 0.15) is 5.69 Å². The molecule has 1 aromatic heterocycles. The summed E-state index contributed by atoms with van der Waals surface area (Å²) in [5, 5.41) is 16.4. The van der Waals surface area contributed by atoms with Crippen LogP contribution in [-0.4, -0.2) is 49.1 Å². The smallest absolute Gasteiger partial charge is 0.246 e. The number of aromatic nitrogens is 2. The number of benzene rings is 1. The number of hydrogen-bond donors (Lipinski definition) is 0. The molecule has 25 heavy (non-hydrogen) atoms. The summed E-state index contributed by atoms with van der Waals surface area (Å²) in [4.78, 5) is 1.28. The average Bonchev–Trinajstić information content (AvgIpc) is 2.61. The standard InChI is InChI=1S/C15H13F2N5O2S/c16-11-1-3-14(13(17)9-11)25(23,24)22-7-5-21(6-8-22)15-4-2-12(10-18)19-20-15/h1-4,9H,5-8H2. The highest BCUT2D eigenvalue weighted by Gasteiger charge is 2.31. The Hall–Kier alpha value is -2.64. The van der Waals surface area contributed by atoms with Gasteiger partial charge in [0.15, 0.2) is 11.5 Å². The molecule has 1 aromatic carbocycles. The van der Waals surface area contributed by atoms with E-state index in [0.717, 1.165) is 16.4 Å². The van der Waals surface area contributed by atoms with Crippen molar-refractivity contribution in [2.75, 3.05) is 31.1 Å². The van der Waals surface area contributed by atoms with Gasteiger partial charge in [0, 0.05) is 32.2 Å². The molecular weight excluding hydrogens is 352 g/mol. The largest absolute Gasteiger partial charge is 0.352 e. The van der Waals surface area contributed by atoms with Crippen molar-refractivity contribution in [1.82, 2.24) is 14.5 Å². The lowest BCUT2D eigenvalue weighted by Crippen LogP contribution is -2.49. The van der Waals surface area contributed by atoms with Crippen LogP contribution in [0.25, 0.3) is 0 Å². The van der Waals surface area contributed by atoms with Gasteiger partial charge in [-0.15, -0.1) is 10.2 Å². The Morgan fingerprint density at radius 1 is 1.04 bits per heavy atom. The second kappa shape index (κ2) is 6.70. The van der Waals surface area contributed by atoms with Crippen molar-refractivity contribution in [3.8, 4) is 6.07 Å². The molecule has 1 fully saturated rings. The van der Waals surface area contributed by atoms with E-state index in [1.54, 1.807) is 6.07 Å². The summed E-state index contributed by atoms with van der Waals surface area (Å²) in [6, 6.07) is 7.43. The highest BCUT2D eigenvalue weighted by atomic mass is 32.2. The maximum Gasteiger partial charge on any atom is 0.246 e. The Morgan fingerprint density at radius 3 is 2.32 bits per heavy atom. The van der Waals surface area contributed by atoms with E-state index in [-0.39, 0.29) is 18.8 Å². The van der Waals surface area contributed by atoms with Gasteiger partial charge >= 0.3 is 0 Å². The van der Waals surface area contributed by atoms with Gasteiger partial charge in [0.25, 0.3) is 0 Å².